The van der Waals surface area contributed by atoms with Crippen LogP contribution in [0.4, 0.5) is 0 Å². The van der Waals surface area contributed by atoms with Crippen molar-refractivity contribution in [3.05, 3.63) is 17.0 Å². The Balaban J connectivity index is 1.79. The lowest BCUT2D eigenvalue weighted by atomic mass is 10.2. The molecule has 2 N–H and O–H groups in total. The van der Waals surface area contributed by atoms with Gasteiger partial charge in [0, 0.05) is 45.0 Å². The van der Waals surface area contributed by atoms with Gasteiger partial charge in [0.05, 0.1) is 11.3 Å². The Morgan fingerprint density at radius 2 is 2.00 bits per heavy atom. The average molecular weight is 307 g/mol. The van der Waals surface area contributed by atoms with Crippen LogP contribution in [0.3, 0.4) is 0 Å². The van der Waals surface area contributed by atoms with E-state index in [1.807, 2.05) is 18.5 Å². The van der Waals surface area contributed by atoms with Crippen molar-refractivity contribution in [2.45, 2.75) is 40.2 Å². The first-order chi connectivity index (χ1) is 10.6. The zero-order valence-electron chi connectivity index (χ0n) is 14.1. The normalized spacial score (nSPS) is 16.0. The van der Waals surface area contributed by atoms with Crippen molar-refractivity contribution in [1.82, 2.24) is 25.3 Å². The number of nitrogens with zero attached hydrogens (tertiary/aromatic N) is 3. The highest BCUT2D eigenvalue weighted by Crippen LogP contribution is 2.13. The van der Waals surface area contributed by atoms with Gasteiger partial charge in [-0.1, -0.05) is 6.92 Å². The summed E-state index contributed by atoms with van der Waals surface area (Å²) in [7, 11) is 0. The molecule has 0 atom stereocenters. The molecule has 0 aliphatic carbocycles. The number of aromatic nitrogens is 2. The third-order valence-electron chi connectivity index (χ3n) is 4.19. The molecule has 124 valence electrons. The van der Waals surface area contributed by atoms with Crippen LogP contribution in [-0.2, 0) is 6.54 Å². The Labute approximate surface area is 133 Å². The van der Waals surface area contributed by atoms with Crippen LogP contribution in [0.25, 0.3) is 0 Å². The number of aryl methyl sites for hydroxylation is 2. The Bertz CT molecular complexity index is 491. The summed E-state index contributed by atoms with van der Waals surface area (Å²) in [5.74, 6) is 0.0117. The fourth-order valence-corrected chi connectivity index (χ4v) is 2.98. The van der Waals surface area contributed by atoms with Gasteiger partial charge in [0.15, 0.2) is 0 Å². The van der Waals surface area contributed by atoms with Crippen molar-refractivity contribution in [1.29, 1.82) is 0 Å². The Kier molecular flexibility index (Phi) is 6.39. The molecule has 22 heavy (non-hydrogen) atoms. The molecule has 1 fully saturated rings. The van der Waals surface area contributed by atoms with Gasteiger partial charge in [-0.3, -0.25) is 9.48 Å². The summed E-state index contributed by atoms with van der Waals surface area (Å²) in [4.78, 5) is 14.8. The molecule has 0 aromatic carbocycles. The van der Waals surface area contributed by atoms with E-state index in [4.69, 9.17) is 0 Å². The van der Waals surface area contributed by atoms with Crippen molar-refractivity contribution < 1.29 is 4.79 Å². The smallest absolute Gasteiger partial charge is 0.255 e. The van der Waals surface area contributed by atoms with Gasteiger partial charge in [-0.15, -0.1) is 0 Å². The highest BCUT2D eigenvalue weighted by atomic mass is 16.1. The molecule has 1 aliphatic heterocycles. The number of hydrogen-bond acceptors (Lipinski definition) is 4. The van der Waals surface area contributed by atoms with Gasteiger partial charge in [-0.2, -0.15) is 5.10 Å². The van der Waals surface area contributed by atoms with E-state index in [1.165, 1.54) is 0 Å². The largest absolute Gasteiger partial charge is 0.352 e. The number of carbonyl (C=O) groups is 1. The Morgan fingerprint density at radius 1 is 1.27 bits per heavy atom. The van der Waals surface area contributed by atoms with E-state index < -0.39 is 0 Å². The minimum absolute atomic E-state index is 0.0117. The van der Waals surface area contributed by atoms with E-state index in [9.17, 15) is 4.79 Å². The summed E-state index contributed by atoms with van der Waals surface area (Å²) in [5.41, 5.74) is 2.54. The van der Waals surface area contributed by atoms with E-state index in [1.54, 1.807) is 0 Å². The molecule has 1 aromatic heterocycles. The zero-order chi connectivity index (χ0) is 15.9. The van der Waals surface area contributed by atoms with Crippen LogP contribution >= 0.6 is 0 Å². The standard InChI is InChI=1S/C16H29N5O/c1-4-9-21-14(3)15(13(2)19-21)16(22)18-6-5-10-20-11-7-17-8-12-20/h17H,4-12H2,1-3H3,(H,18,22). The number of piperazine rings is 1. The molecule has 2 rings (SSSR count). The molecule has 0 unspecified atom stereocenters. The first kappa shape index (κ1) is 17.0. The molecular formula is C16H29N5O. The third-order valence-corrected chi connectivity index (χ3v) is 4.19. The van der Waals surface area contributed by atoms with Gasteiger partial charge >= 0.3 is 0 Å². The van der Waals surface area contributed by atoms with Crippen LogP contribution in [0.2, 0.25) is 0 Å². The predicted octanol–water partition coefficient (Wildman–Crippen LogP) is 0.935. The van der Waals surface area contributed by atoms with E-state index in [0.29, 0.717) is 0 Å². The topological polar surface area (TPSA) is 62.2 Å². The number of carbonyl (C=O) groups excluding carboxylic acids is 1. The monoisotopic (exact) mass is 307 g/mol. The summed E-state index contributed by atoms with van der Waals surface area (Å²) in [6, 6.07) is 0. The molecule has 1 saturated heterocycles. The van der Waals surface area contributed by atoms with E-state index in [2.05, 4.69) is 27.6 Å². The first-order valence-electron chi connectivity index (χ1n) is 8.38. The second-order valence-electron chi connectivity index (χ2n) is 5.97. The summed E-state index contributed by atoms with van der Waals surface area (Å²) < 4.78 is 1.94. The molecule has 6 heteroatoms. The number of nitrogens with one attached hydrogen (secondary N) is 2. The zero-order valence-corrected chi connectivity index (χ0v) is 14.1. The van der Waals surface area contributed by atoms with Gasteiger partial charge in [-0.05, 0) is 33.2 Å². The molecule has 0 saturated carbocycles. The quantitative estimate of drug-likeness (QED) is 0.736. The van der Waals surface area contributed by atoms with Crippen LogP contribution in [-0.4, -0.2) is 59.9 Å². The second-order valence-corrected chi connectivity index (χ2v) is 5.97. The molecule has 6 nitrogen and oxygen atoms in total. The van der Waals surface area contributed by atoms with Gasteiger partial charge in [0.2, 0.25) is 0 Å². The second kappa shape index (κ2) is 8.29. The Morgan fingerprint density at radius 3 is 2.68 bits per heavy atom. The predicted molar refractivity (Wildman–Crippen MR) is 88.3 cm³/mol. The highest BCUT2D eigenvalue weighted by Gasteiger charge is 2.18. The fourth-order valence-electron chi connectivity index (χ4n) is 2.98. The number of amides is 1. The van der Waals surface area contributed by atoms with E-state index in [0.717, 1.165) is 75.6 Å². The van der Waals surface area contributed by atoms with Crippen LogP contribution in [0.1, 0.15) is 41.5 Å². The van der Waals surface area contributed by atoms with Crippen LogP contribution < -0.4 is 10.6 Å². The molecule has 0 radical (unpaired) electrons. The van der Waals surface area contributed by atoms with Crippen LogP contribution in [0.5, 0.6) is 0 Å². The van der Waals surface area contributed by atoms with Gasteiger partial charge in [0.1, 0.15) is 0 Å². The molecular weight excluding hydrogens is 278 g/mol. The lowest BCUT2D eigenvalue weighted by Crippen LogP contribution is -2.44. The third kappa shape index (κ3) is 4.30. The average Bonchev–Trinajstić information content (AvgIpc) is 2.79. The molecule has 2 heterocycles. The summed E-state index contributed by atoms with van der Waals surface area (Å²) in [5, 5.41) is 10.9. The van der Waals surface area contributed by atoms with Crippen molar-refractivity contribution in [3.63, 3.8) is 0 Å². The lowest BCUT2D eigenvalue weighted by molar-refractivity contribution is 0.0950. The Hall–Kier alpha value is -1.40. The van der Waals surface area contributed by atoms with Gasteiger partial charge in [0.25, 0.3) is 5.91 Å². The van der Waals surface area contributed by atoms with Crippen molar-refractivity contribution >= 4 is 5.91 Å². The van der Waals surface area contributed by atoms with E-state index in [-0.39, 0.29) is 5.91 Å². The molecule has 1 aromatic rings. The van der Waals surface area contributed by atoms with Crippen LogP contribution in [0.15, 0.2) is 0 Å². The molecule has 0 bridgehead atoms. The minimum Gasteiger partial charge on any atom is -0.352 e. The van der Waals surface area contributed by atoms with Gasteiger partial charge < -0.3 is 15.5 Å². The van der Waals surface area contributed by atoms with E-state index >= 15 is 0 Å². The van der Waals surface area contributed by atoms with Gasteiger partial charge in [-0.25, -0.2) is 0 Å². The maximum Gasteiger partial charge on any atom is 0.255 e. The summed E-state index contributed by atoms with van der Waals surface area (Å²) >= 11 is 0. The molecule has 1 aliphatic rings. The maximum atomic E-state index is 12.4. The molecule has 0 spiro atoms. The maximum absolute atomic E-state index is 12.4. The summed E-state index contributed by atoms with van der Waals surface area (Å²) in [6.07, 6.45) is 2.01. The minimum atomic E-state index is 0.0117. The van der Waals surface area contributed by atoms with Crippen molar-refractivity contribution in [2.24, 2.45) is 0 Å². The summed E-state index contributed by atoms with van der Waals surface area (Å²) in [6.45, 7) is 13.0. The lowest BCUT2D eigenvalue weighted by Gasteiger charge is -2.27. The van der Waals surface area contributed by atoms with Crippen molar-refractivity contribution in [3.8, 4) is 0 Å². The number of rotatable bonds is 7. The van der Waals surface area contributed by atoms with Crippen LogP contribution in [0, 0.1) is 13.8 Å². The number of hydrogen-bond donors (Lipinski definition) is 2. The first-order valence-corrected chi connectivity index (χ1v) is 8.38. The highest BCUT2D eigenvalue weighted by molar-refractivity contribution is 5.96. The van der Waals surface area contributed by atoms with Crippen molar-refractivity contribution in [2.75, 3.05) is 39.3 Å². The molecule has 1 amide bonds. The fraction of sp³-hybridized carbons (Fsp3) is 0.750. The SMILES string of the molecule is CCCn1nc(C)c(C(=O)NCCCN2CCNCC2)c1C.